The van der Waals surface area contributed by atoms with Crippen LogP contribution in [0.3, 0.4) is 0 Å². The molecule has 0 aliphatic carbocycles. The molecule has 4 heteroatoms. The number of amides is 2. The molecule has 0 saturated carbocycles. The molecule has 0 bridgehead atoms. The Kier molecular flexibility index (Phi) is 5.20. The highest BCUT2D eigenvalue weighted by Crippen LogP contribution is 2.22. The van der Waals surface area contributed by atoms with Crippen LogP contribution in [0.15, 0.2) is 78.9 Å². The number of hydrogen-bond donors (Lipinski definition) is 1. The summed E-state index contributed by atoms with van der Waals surface area (Å²) in [5.41, 5.74) is 3.82. The summed E-state index contributed by atoms with van der Waals surface area (Å²) in [5, 5.41) is 2.90. The Morgan fingerprint density at radius 1 is 0.714 bits per heavy atom. The molecule has 3 aromatic carbocycles. The molecule has 4 rings (SSSR count). The molecule has 0 unspecified atom stereocenters. The van der Waals surface area contributed by atoms with E-state index in [4.69, 9.17) is 0 Å². The molecule has 28 heavy (non-hydrogen) atoms. The molecular formula is C24H22N2O2. The monoisotopic (exact) mass is 370 g/mol. The molecule has 3 aromatic rings. The second-order valence-electron chi connectivity index (χ2n) is 6.94. The number of likely N-dealkylation sites (tertiary alicyclic amines) is 1. The highest BCUT2D eigenvalue weighted by atomic mass is 16.2. The van der Waals surface area contributed by atoms with Crippen LogP contribution in [0.1, 0.15) is 33.6 Å². The molecule has 140 valence electrons. The van der Waals surface area contributed by atoms with Gasteiger partial charge in [-0.05, 0) is 48.2 Å². The summed E-state index contributed by atoms with van der Waals surface area (Å²) >= 11 is 0. The summed E-state index contributed by atoms with van der Waals surface area (Å²) in [5.74, 6) is -0.242. The minimum absolute atomic E-state index is 0.0205. The van der Waals surface area contributed by atoms with Crippen molar-refractivity contribution in [2.45, 2.75) is 12.8 Å². The number of benzene rings is 3. The van der Waals surface area contributed by atoms with Crippen LogP contribution in [-0.4, -0.2) is 29.8 Å². The van der Waals surface area contributed by atoms with Gasteiger partial charge in [-0.3, -0.25) is 9.59 Å². The molecule has 0 atom stereocenters. The quantitative estimate of drug-likeness (QED) is 0.714. The Morgan fingerprint density at radius 3 is 2.04 bits per heavy atom. The number of nitrogens with one attached hydrogen (secondary N) is 1. The van der Waals surface area contributed by atoms with E-state index in [1.54, 1.807) is 12.1 Å². The van der Waals surface area contributed by atoms with Crippen molar-refractivity contribution < 1.29 is 9.59 Å². The van der Waals surface area contributed by atoms with E-state index in [1.807, 2.05) is 71.6 Å². The largest absolute Gasteiger partial charge is 0.339 e. The Bertz CT molecular complexity index is 975. The molecular weight excluding hydrogens is 348 g/mol. The van der Waals surface area contributed by atoms with Crippen molar-refractivity contribution in [2.75, 3.05) is 18.4 Å². The van der Waals surface area contributed by atoms with Gasteiger partial charge in [-0.15, -0.1) is 0 Å². The van der Waals surface area contributed by atoms with Gasteiger partial charge in [0.2, 0.25) is 0 Å². The number of hydrogen-bond acceptors (Lipinski definition) is 2. The van der Waals surface area contributed by atoms with Gasteiger partial charge in [-0.1, -0.05) is 54.6 Å². The maximum Gasteiger partial charge on any atom is 0.255 e. The first-order valence-corrected chi connectivity index (χ1v) is 9.57. The van der Waals surface area contributed by atoms with E-state index in [9.17, 15) is 9.59 Å². The fourth-order valence-corrected chi connectivity index (χ4v) is 3.51. The van der Waals surface area contributed by atoms with Crippen LogP contribution in [0.2, 0.25) is 0 Å². The van der Waals surface area contributed by atoms with Crippen LogP contribution in [0.25, 0.3) is 11.1 Å². The van der Waals surface area contributed by atoms with Gasteiger partial charge in [0.15, 0.2) is 0 Å². The predicted octanol–water partition coefficient (Wildman–Crippen LogP) is 4.84. The first-order chi connectivity index (χ1) is 13.7. The zero-order valence-corrected chi connectivity index (χ0v) is 15.6. The first-order valence-electron chi connectivity index (χ1n) is 9.57. The maximum absolute atomic E-state index is 12.8. The summed E-state index contributed by atoms with van der Waals surface area (Å²) in [4.78, 5) is 27.3. The molecule has 0 radical (unpaired) electrons. The minimum atomic E-state index is -0.221. The zero-order chi connectivity index (χ0) is 19.3. The third kappa shape index (κ3) is 3.81. The molecule has 0 aromatic heterocycles. The van der Waals surface area contributed by atoms with Gasteiger partial charge in [0, 0.05) is 18.7 Å². The molecule has 0 spiro atoms. The smallest absolute Gasteiger partial charge is 0.255 e. The Morgan fingerprint density at radius 2 is 1.32 bits per heavy atom. The molecule has 1 fully saturated rings. The van der Waals surface area contributed by atoms with E-state index in [-0.39, 0.29) is 11.8 Å². The third-order valence-corrected chi connectivity index (χ3v) is 5.05. The highest BCUT2D eigenvalue weighted by molar-refractivity contribution is 6.09. The molecule has 1 aliphatic rings. The lowest BCUT2D eigenvalue weighted by Gasteiger charge is -2.18. The van der Waals surface area contributed by atoms with Gasteiger partial charge in [0.1, 0.15) is 0 Å². The van der Waals surface area contributed by atoms with Crippen LogP contribution in [0, 0.1) is 0 Å². The molecule has 1 N–H and O–H groups in total. The van der Waals surface area contributed by atoms with Crippen molar-refractivity contribution in [3.8, 4) is 11.1 Å². The summed E-state index contributed by atoms with van der Waals surface area (Å²) < 4.78 is 0. The van der Waals surface area contributed by atoms with E-state index in [0.717, 1.165) is 37.1 Å². The Hall–Kier alpha value is -3.40. The maximum atomic E-state index is 12.8. The van der Waals surface area contributed by atoms with E-state index in [1.165, 1.54) is 0 Å². The average Bonchev–Trinajstić information content (AvgIpc) is 3.29. The van der Waals surface area contributed by atoms with E-state index in [0.29, 0.717) is 16.8 Å². The standard InChI is InChI=1S/C24H22N2O2/c27-23(20-14-12-19(13-15-20)18-8-2-1-3-9-18)25-22-11-5-4-10-21(22)24(28)26-16-6-7-17-26/h1-5,8-15H,6-7,16-17H2,(H,25,27). The van der Waals surface area contributed by atoms with E-state index >= 15 is 0 Å². The number of nitrogens with zero attached hydrogens (tertiary/aromatic N) is 1. The van der Waals surface area contributed by atoms with Crippen LogP contribution in [0.4, 0.5) is 5.69 Å². The Labute approximate surface area is 164 Å². The summed E-state index contributed by atoms with van der Waals surface area (Å²) in [7, 11) is 0. The number of para-hydroxylation sites is 1. The number of anilines is 1. The molecule has 1 saturated heterocycles. The zero-order valence-electron chi connectivity index (χ0n) is 15.6. The van der Waals surface area contributed by atoms with E-state index in [2.05, 4.69) is 5.32 Å². The van der Waals surface area contributed by atoms with Gasteiger partial charge in [0.25, 0.3) is 11.8 Å². The summed E-state index contributed by atoms with van der Waals surface area (Å²) in [6.45, 7) is 1.56. The third-order valence-electron chi connectivity index (χ3n) is 5.05. The highest BCUT2D eigenvalue weighted by Gasteiger charge is 2.22. The van der Waals surface area contributed by atoms with Gasteiger partial charge in [-0.2, -0.15) is 0 Å². The second-order valence-corrected chi connectivity index (χ2v) is 6.94. The fraction of sp³-hybridized carbons (Fsp3) is 0.167. The number of carbonyl (C=O) groups excluding carboxylic acids is 2. The predicted molar refractivity (Wildman–Crippen MR) is 111 cm³/mol. The normalized spacial score (nSPS) is 13.4. The van der Waals surface area contributed by atoms with Gasteiger partial charge in [0.05, 0.1) is 11.3 Å². The van der Waals surface area contributed by atoms with Crippen LogP contribution in [-0.2, 0) is 0 Å². The van der Waals surface area contributed by atoms with Crippen LogP contribution < -0.4 is 5.32 Å². The summed E-state index contributed by atoms with van der Waals surface area (Å²) in [6.07, 6.45) is 2.07. The molecule has 1 heterocycles. The number of rotatable bonds is 4. The SMILES string of the molecule is O=C(Nc1ccccc1C(=O)N1CCCC1)c1ccc(-c2ccccc2)cc1. The van der Waals surface area contributed by atoms with Crippen molar-refractivity contribution in [3.05, 3.63) is 90.0 Å². The van der Waals surface area contributed by atoms with Crippen molar-refractivity contribution in [2.24, 2.45) is 0 Å². The van der Waals surface area contributed by atoms with Crippen LogP contribution in [0.5, 0.6) is 0 Å². The fourth-order valence-electron chi connectivity index (χ4n) is 3.51. The molecule has 1 aliphatic heterocycles. The molecule has 2 amide bonds. The van der Waals surface area contributed by atoms with Crippen molar-refractivity contribution in [1.82, 2.24) is 4.90 Å². The van der Waals surface area contributed by atoms with E-state index < -0.39 is 0 Å². The van der Waals surface area contributed by atoms with Crippen LogP contribution >= 0.6 is 0 Å². The second kappa shape index (κ2) is 8.09. The number of carbonyl (C=O) groups is 2. The van der Waals surface area contributed by atoms with Crippen molar-refractivity contribution >= 4 is 17.5 Å². The lowest BCUT2D eigenvalue weighted by molar-refractivity contribution is 0.0794. The lowest BCUT2D eigenvalue weighted by atomic mass is 10.0. The van der Waals surface area contributed by atoms with Crippen molar-refractivity contribution in [3.63, 3.8) is 0 Å². The lowest BCUT2D eigenvalue weighted by Crippen LogP contribution is -2.28. The molecule has 4 nitrogen and oxygen atoms in total. The van der Waals surface area contributed by atoms with Gasteiger partial charge in [-0.25, -0.2) is 0 Å². The van der Waals surface area contributed by atoms with Crippen molar-refractivity contribution in [1.29, 1.82) is 0 Å². The van der Waals surface area contributed by atoms with Gasteiger partial charge < -0.3 is 10.2 Å². The Balaban J connectivity index is 1.52. The van der Waals surface area contributed by atoms with Gasteiger partial charge >= 0.3 is 0 Å². The topological polar surface area (TPSA) is 49.4 Å². The first kappa shape index (κ1) is 18.0. The minimum Gasteiger partial charge on any atom is -0.339 e. The summed E-state index contributed by atoms with van der Waals surface area (Å²) in [6, 6.07) is 24.7. The average molecular weight is 370 g/mol.